The number of hydrogen-bond acceptors (Lipinski definition) is 2. The highest BCUT2D eigenvalue weighted by atomic mass is 16.5. The van der Waals surface area contributed by atoms with Crippen molar-refractivity contribution in [2.45, 2.75) is 105 Å². The quantitative estimate of drug-likeness (QED) is 0.230. The van der Waals surface area contributed by atoms with Crippen LogP contribution in [-0.4, -0.2) is 12.6 Å². The van der Waals surface area contributed by atoms with Gasteiger partial charge in [-0.2, -0.15) is 0 Å². The average molecular weight is 401 g/mol. The first kappa shape index (κ1) is 25.5. The molecule has 0 amide bonds. The molecule has 0 aromatic carbocycles. The molecule has 2 nitrogen and oxygen atoms in total. The van der Waals surface area contributed by atoms with Crippen LogP contribution in [0.4, 0.5) is 0 Å². The number of carbonyl (C=O) groups is 1. The summed E-state index contributed by atoms with van der Waals surface area (Å²) < 4.78 is 5.38. The van der Waals surface area contributed by atoms with Crippen LogP contribution in [0.3, 0.4) is 0 Å². The number of allylic oxidation sites excluding steroid dienone is 7. The number of ether oxygens (including phenoxy) is 1. The molecule has 1 aliphatic rings. The molecule has 0 aromatic heterocycles. The van der Waals surface area contributed by atoms with Crippen molar-refractivity contribution in [3.8, 4) is 0 Å². The predicted octanol–water partition coefficient (Wildman–Crippen LogP) is 8.26. The maximum absolute atomic E-state index is 11.9. The molecule has 164 valence electrons. The Morgan fingerprint density at radius 2 is 1.24 bits per heavy atom. The summed E-state index contributed by atoms with van der Waals surface area (Å²) in [5, 5.41) is 0. The Hall–Kier alpha value is -1.57. The molecule has 1 rings (SSSR count). The van der Waals surface area contributed by atoms with Gasteiger partial charge in [-0.15, -0.1) is 0 Å². The van der Waals surface area contributed by atoms with Crippen molar-refractivity contribution in [2.75, 3.05) is 6.61 Å². The molecule has 1 aliphatic carbocycles. The normalized spacial score (nSPS) is 16.2. The van der Waals surface area contributed by atoms with E-state index in [-0.39, 0.29) is 5.97 Å². The van der Waals surface area contributed by atoms with E-state index >= 15 is 0 Å². The molecule has 0 aromatic rings. The Labute approximate surface area is 180 Å². The largest absolute Gasteiger partial charge is 0.461 e. The first-order chi connectivity index (χ1) is 13.9. The van der Waals surface area contributed by atoms with Crippen LogP contribution < -0.4 is 0 Å². The minimum absolute atomic E-state index is 0.0270. The van der Waals surface area contributed by atoms with Crippen LogP contribution in [0.5, 0.6) is 0 Å². The zero-order valence-corrected chi connectivity index (χ0v) is 19.7. The van der Waals surface area contributed by atoms with E-state index in [1.54, 1.807) is 0 Å². The second-order valence-electron chi connectivity index (χ2n) is 9.09. The summed E-state index contributed by atoms with van der Waals surface area (Å²) in [4.78, 5) is 11.9. The zero-order valence-electron chi connectivity index (χ0n) is 19.7. The van der Waals surface area contributed by atoms with E-state index in [4.69, 9.17) is 4.74 Å². The molecule has 1 saturated carbocycles. The fourth-order valence-electron chi connectivity index (χ4n) is 3.77. The van der Waals surface area contributed by atoms with E-state index in [0.29, 0.717) is 18.9 Å². The molecule has 0 radical (unpaired) electrons. The molecule has 0 atom stereocenters. The van der Waals surface area contributed by atoms with E-state index in [2.05, 4.69) is 58.9 Å². The number of hydrogen-bond donors (Lipinski definition) is 0. The summed E-state index contributed by atoms with van der Waals surface area (Å²) in [6, 6.07) is 0. The van der Waals surface area contributed by atoms with Crippen molar-refractivity contribution in [3.63, 3.8) is 0 Å². The number of rotatable bonds is 13. The highest BCUT2D eigenvalue weighted by Gasteiger charge is 2.18. The molecule has 0 heterocycles. The van der Waals surface area contributed by atoms with E-state index < -0.39 is 0 Å². The van der Waals surface area contributed by atoms with E-state index in [0.717, 1.165) is 32.1 Å². The lowest BCUT2D eigenvalue weighted by atomic mass is 10.0. The minimum Gasteiger partial charge on any atom is -0.461 e. The average Bonchev–Trinajstić information content (AvgIpc) is 3.14. The van der Waals surface area contributed by atoms with Crippen LogP contribution in [0.1, 0.15) is 105 Å². The van der Waals surface area contributed by atoms with Crippen molar-refractivity contribution in [2.24, 2.45) is 5.92 Å². The third-order valence-corrected chi connectivity index (χ3v) is 5.76. The third kappa shape index (κ3) is 14.1. The summed E-state index contributed by atoms with van der Waals surface area (Å²) in [5.41, 5.74) is 5.67. The second kappa shape index (κ2) is 15.3. The highest BCUT2D eigenvalue weighted by Crippen LogP contribution is 2.27. The second-order valence-corrected chi connectivity index (χ2v) is 9.09. The number of esters is 1. The Morgan fingerprint density at radius 1 is 0.759 bits per heavy atom. The smallest absolute Gasteiger partial charge is 0.306 e. The summed E-state index contributed by atoms with van der Waals surface area (Å²) in [7, 11) is 0. The van der Waals surface area contributed by atoms with Gasteiger partial charge in [0, 0.05) is 6.42 Å². The van der Waals surface area contributed by atoms with E-state index in [9.17, 15) is 4.79 Å². The zero-order chi connectivity index (χ0) is 21.5. The van der Waals surface area contributed by atoms with Gasteiger partial charge in [0.1, 0.15) is 6.61 Å². The predicted molar refractivity (Wildman–Crippen MR) is 126 cm³/mol. The van der Waals surface area contributed by atoms with Gasteiger partial charge in [0.15, 0.2) is 0 Å². The van der Waals surface area contributed by atoms with E-state index in [1.807, 2.05) is 0 Å². The molecule has 0 N–H and O–H groups in total. The van der Waals surface area contributed by atoms with Crippen molar-refractivity contribution in [3.05, 3.63) is 46.6 Å². The summed E-state index contributed by atoms with van der Waals surface area (Å²) in [6.45, 7) is 11.4. The third-order valence-electron chi connectivity index (χ3n) is 5.76. The topological polar surface area (TPSA) is 26.3 Å². The van der Waals surface area contributed by atoms with Gasteiger partial charge >= 0.3 is 5.97 Å². The molecule has 0 unspecified atom stereocenters. The molecule has 0 spiro atoms. The maximum Gasteiger partial charge on any atom is 0.306 e. The van der Waals surface area contributed by atoms with Gasteiger partial charge in [-0.1, -0.05) is 53.4 Å². The van der Waals surface area contributed by atoms with Crippen LogP contribution in [0.2, 0.25) is 0 Å². The van der Waals surface area contributed by atoms with Crippen molar-refractivity contribution < 1.29 is 9.53 Å². The van der Waals surface area contributed by atoms with Gasteiger partial charge in [0.2, 0.25) is 0 Å². The molecule has 0 aliphatic heterocycles. The summed E-state index contributed by atoms with van der Waals surface area (Å²) in [5.74, 6) is 0.539. The van der Waals surface area contributed by atoms with Crippen molar-refractivity contribution in [1.82, 2.24) is 0 Å². The fourth-order valence-corrected chi connectivity index (χ4v) is 3.77. The molecule has 1 fully saturated rings. The monoisotopic (exact) mass is 400 g/mol. The van der Waals surface area contributed by atoms with Gasteiger partial charge in [0.25, 0.3) is 0 Å². The molecule has 0 bridgehead atoms. The van der Waals surface area contributed by atoms with Crippen LogP contribution in [0.25, 0.3) is 0 Å². The lowest BCUT2D eigenvalue weighted by Gasteiger charge is -2.08. The standard InChI is InChI=1S/C27H44O2/c1-22(2)11-8-12-23(3)13-9-14-24(4)15-10-16-25(5)19-20-29-27(28)21-26-17-6-7-18-26/h11,13,15,19,26H,6-10,12,14,16-18,20-21H2,1-5H3/b23-13+,24-15+,25-19+. The Balaban J connectivity index is 2.16. The van der Waals surface area contributed by atoms with Crippen LogP contribution in [-0.2, 0) is 9.53 Å². The highest BCUT2D eigenvalue weighted by molar-refractivity contribution is 5.69. The Morgan fingerprint density at radius 3 is 1.76 bits per heavy atom. The SMILES string of the molecule is CC(C)=CCC/C(C)=C/CC/C(C)=C/CC/C(C)=C/COC(=O)CC1CCCC1. The lowest BCUT2D eigenvalue weighted by molar-refractivity contribution is -0.143. The molecule has 2 heteroatoms. The Kier molecular flexibility index (Phi) is 13.4. The van der Waals surface area contributed by atoms with Gasteiger partial charge < -0.3 is 4.74 Å². The molecular formula is C27H44O2. The lowest BCUT2D eigenvalue weighted by Crippen LogP contribution is -2.09. The van der Waals surface area contributed by atoms with Gasteiger partial charge in [-0.3, -0.25) is 4.79 Å². The van der Waals surface area contributed by atoms with Crippen LogP contribution in [0, 0.1) is 5.92 Å². The maximum atomic E-state index is 11.9. The van der Waals surface area contributed by atoms with Gasteiger partial charge in [-0.25, -0.2) is 0 Å². The fraction of sp³-hybridized carbons (Fsp3) is 0.667. The molecule has 0 saturated heterocycles. The first-order valence-electron chi connectivity index (χ1n) is 11.6. The van der Waals surface area contributed by atoms with E-state index in [1.165, 1.54) is 54.4 Å². The van der Waals surface area contributed by atoms with Gasteiger partial charge in [0.05, 0.1) is 0 Å². The Bertz CT molecular complexity index is 594. The van der Waals surface area contributed by atoms with Gasteiger partial charge in [-0.05, 0) is 98.0 Å². The number of carbonyl (C=O) groups excluding carboxylic acids is 1. The van der Waals surface area contributed by atoms with Crippen LogP contribution >= 0.6 is 0 Å². The molecular weight excluding hydrogens is 356 g/mol. The molecule has 29 heavy (non-hydrogen) atoms. The first-order valence-corrected chi connectivity index (χ1v) is 11.6. The van der Waals surface area contributed by atoms with Crippen LogP contribution in [0.15, 0.2) is 46.6 Å². The van der Waals surface area contributed by atoms with Crippen molar-refractivity contribution >= 4 is 5.97 Å². The summed E-state index contributed by atoms with van der Waals surface area (Å²) >= 11 is 0. The summed E-state index contributed by atoms with van der Waals surface area (Å²) in [6.07, 6.45) is 21.4. The van der Waals surface area contributed by atoms with Crippen molar-refractivity contribution in [1.29, 1.82) is 0 Å². The minimum atomic E-state index is -0.0270.